The zero-order chi connectivity index (χ0) is 22.7. The predicted molar refractivity (Wildman–Crippen MR) is 111 cm³/mol. The van der Waals surface area contributed by atoms with Crippen LogP contribution in [0.3, 0.4) is 0 Å². The summed E-state index contributed by atoms with van der Waals surface area (Å²) in [5.74, 6) is -0.319. The first kappa shape index (κ1) is 22.6. The third kappa shape index (κ3) is 3.38. The van der Waals surface area contributed by atoms with E-state index in [1.807, 2.05) is 0 Å². The second kappa shape index (κ2) is 7.46. The van der Waals surface area contributed by atoms with Crippen molar-refractivity contribution in [2.24, 2.45) is 22.7 Å². The van der Waals surface area contributed by atoms with Gasteiger partial charge in [-0.25, -0.2) is 0 Å². The normalized spacial score (nSPS) is 46.6. The number of hydrogen-bond acceptors (Lipinski definition) is 7. The Morgan fingerprint density at radius 2 is 1.81 bits per heavy atom. The summed E-state index contributed by atoms with van der Waals surface area (Å²) >= 11 is 0. The highest BCUT2D eigenvalue weighted by atomic mass is 16.6. The average molecular weight is 437 g/mol. The minimum absolute atomic E-state index is 0.154. The van der Waals surface area contributed by atoms with Crippen LogP contribution < -0.4 is 0 Å². The van der Waals surface area contributed by atoms with E-state index in [-0.39, 0.29) is 47.6 Å². The highest BCUT2D eigenvalue weighted by molar-refractivity contribution is 5.73. The molecule has 0 aromatic heterocycles. The van der Waals surface area contributed by atoms with E-state index in [4.69, 9.17) is 18.9 Å². The summed E-state index contributed by atoms with van der Waals surface area (Å²) in [5, 5.41) is 0. The van der Waals surface area contributed by atoms with Gasteiger partial charge >= 0.3 is 17.9 Å². The van der Waals surface area contributed by atoms with Crippen LogP contribution in [0.4, 0.5) is 0 Å². The molecule has 4 fully saturated rings. The van der Waals surface area contributed by atoms with Crippen LogP contribution in [0.25, 0.3) is 0 Å². The smallest absolute Gasteiger partial charge is 0.308 e. The fraction of sp³-hybridized carbons (Fsp3) is 0.875. The first-order chi connectivity index (χ1) is 14.5. The Labute approximate surface area is 184 Å². The van der Waals surface area contributed by atoms with Gasteiger partial charge in [-0.15, -0.1) is 0 Å². The van der Waals surface area contributed by atoms with Gasteiger partial charge in [-0.05, 0) is 50.4 Å². The lowest BCUT2D eigenvalue weighted by Gasteiger charge is -2.65. The van der Waals surface area contributed by atoms with Crippen molar-refractivity contribution in [3.05, 3.63) is 0 Å². The summed E-state index contributed by atoms with van der Waals surface area (Å²) in [6, 6.07) is 0. The molecule has 4 aliphatic rings. The molecule has 2 saturated heterocycles. The zero-order valence-corrected chi connectivity index (χ0v) is 19.5. The second-order valence-corrected chi connectivity index (χ2v) is 10.9. The van der Waals surface area contributed by atoms with E-state index < -0.39 is 11.0 Å². The van der Waals surface area contributed by atoms with E-state index >= 15 is 0 Å². The molecule has 0 aromatic carbocycles. The molecule has 2 aliphatic heterocycles. The highest BCUT2D eigenvalue weighted by Gasteiger charge is 2.70. The van der Waals surface area contributed by atoms with E-state index in [0.717, 1.165) is 32.1 Å². The molecular formula is C24H36O7. The minimum Gasteiger partial charge on any atom is -0.465 e. The molecule has 0 bridgehead atoms. The number of rotatable bonds is 3. The van der Waals surface area contributed by atoms with Crippen LogP contribution in [-0.4, -0.2) is 48.4 Å². The number of esters is 3. The van der Waals surface area contributed by atoms with Crippen molar-refractivity contribution in [2.75, 3.05) is 13.2 Å². The van der Waals surface area contributed by atoms with Crippen LogP contribution in [-0.2, 0) is 33.3 Å². The van der Waals surface area contributed by atoms with Gasteiger partial charge in [0.05, 0.1) is 12.0 Å². The van der Waals surface area contributed by atoms with Gasteiger partial charge in [0.15, 0.2) is 0 Å². The van der Waals surface area contributed by atoms with Crippen molar-refractivity contribution in [3.8, 4) is 0 Å². The molecule has 0 radical (unpaired) electrons. The summed E-state index contributed by atoms with van der Waals surface area (Å²) in [7, 11) is 0. The first-order valence-electron chi connectivity index (χ1n) is 11.6. The summed E-state index contributed by atoms with van der Waals surface area (Å²) in [4.78, 5) is 35.5. The van der Waals surface area contributed by atoms with E-state index in [1.165, 1.54) is 13.8 Å². The molecule has 2 aliphatic carbocycles. The molecule has 2 heterocycles. The molecule has 0 N–H and O–H groups in total. The number of hydrogen-bond donors (Lipinski definition) is 0. The topological polar surface area (TPSA) is 88.1 Å². The van der Waals surface area contributed by atoms with Gasteiger partial charge in [0, 0.05) is 24.7 Å². The quantitative estimate of drug-likeness (QED) is 0.494. The Hall–Kier alpha value is -1.63. The second-order valence-electron chi connectivity index (χ2n) is 10.9. The molecule has 0 unspecified atom stereocenters. The van der Waals surface area contributed by atoms with Gasteiger partial charge in [-0.2, -0.15) is 0 Å². The Kier molecular flexibility index (Phi) is 5.43. The molecule has 0 aromatic rings. The molecule has 2 saturated carbocycles. The van der Waals surface area contributed by atoms with Gasteiger partial charge in [0.25, 0.3) is 0 Å². The number of fused-ring (bicyclic) bond motifs is 2. The van der Waals surface area contributed by atoms with Crippen LogP contribution in [0.15, 0.2) is 0 Å². The van der Waals surface area contributed by atoms with Crippen molar-refractivity contribution in [1.82, 2.24) is 0 Å². The standard InChI is InChI=1S/C24H36O7/c1-15-6-7-18-21(4,13-28-16(2)25)19(30-17(3)26)8-9-22(18,5)24(15)11-10-23(31-24)12-20(27)29-14-23/h15,18-19H,6-14H2,1-5H3/t15-,18-,19+,21+,22+,23+,24-/m1/s1. The van der Waals surface area contributed by atoms with Crippen LogP contribution in [0.1, 0.15) is 79.6 Å². The Balaban J connectivity index is 1.71. The average Bonchev–Trinajstić information content (AvgIpc) is 3.25. The molecular weight excluding hydrogens is 400 g/mol. The first-order valence-corrected chi connectivity index (χ1v) is 11.6. The summed E-state index contributed by atoms with van der Waals surface area (Å²) in [6.07, 6.45) is 5.22. The number of carbonyl (C=O) groups excluding carboxylic acids is 3. The molecule has 7 atom stereocenters. The van der Waals surface area contributed by atoms with Crippen molar-refractivity contribution in [3.63, 3.8) is 0 Å². The summed E-state index contributed by atoms with van der Waals surface area (Å²) in [5.41, 5.74) is -1.58. The van der Waals surface area contributed by atoms with E-state index in [1.54, 1.807) is 0 Å². The minimum atomic E-state index is -0.519. The van der Waals surface area contributed by atoms with Gasteiger partial charge in [0.2, 0.25) is 0 Å². The maximum atomic E-state index is 11.9. The largest absolute Gasteiger partial charge is 0.465 e. The molecule has 174 valence electrons. The van der Waals surface area contributed by atoms with Crippen LogP contribution in [0.5, 0.6) is 0 Å². The lowest BCUT2D eigenvalue weighted by molar-refractivity contribution is -0.269. The monoisotopic (exact) mass is 436 g/mol. The Morgan fingerprint density at radius 3 is 2.42 bits per heavy atom. The van der Waals surface area contributed by atoms with Gasteiger partial charge in [-0.1, -0.05) is 20.8 Å². The van der Waals surface area contributed by atoms with Gasteiger partial charge < -0.3 is 18.9 Å². The van der Waals surface area contributed by atoms with Gasteiger partial charge in [0.1, 0.15) is 24.9 Å². The third-order valence-electron chi connectivity index (χ3n) is 9.09. The van der Waals surface area contributed by atoms with Crippen molar-refractivity contribution < 1.29 is 33.3 Å². The van der Waals surface area contributed by atoms with Crippen molar-refractivity contribution >= 4 is 17.9 Å². The SMILES string of the molecule is CC(=O)OC[C@]1(C)[C@@H](OC(C)=O)CC[C@@]2(C)[C@@H]1CC[C@@H](C)[C@]21CC[C@]2(COC(=O)C2)O1. The van der Waals surface area contributed by atoms with Crippen LogP contribution in [0, 0.1) is 22.7 Å². The zero-order valence-electron chi connectivity index (χ0n) is 19.5. The van der Waals surface area contributed by atoms with E-state index in [9.17, 15) is 14.4 Å². The van der Waals surface area contributed by atoms with Crippen molar-refractivity contribution in [2.45, 2.75) is 96.9 Å². The maximum absolute atomic E-state index is 11.9. The van der Waals surface area contributed by atoms with Crippen molar-refractivity contribution in [1.29, 1.82) is 0 Å². The molecule has 0 amide bonds. The van der Waals surface area contributed by atoms with Crippen LogP contribution in [0.2, 0.25) is 0 Å². The third-order valence-corrected chi connectivity index (χ3v) is 9.09. The molecule has 7 heteroatoms. The predicted octanol–water partition coefficient (Wildman–Crippen LogP) is 3.57. The summed E-state index contributed by atoms with van der Waals surface area (Å²) in [6.45, 7) is 10.1. The maximum Gasteiger partial charge on any atom is 0.308 e. The summed E-state index contributed by atoms with van der Waals surface area (Å²) < 4.78 is 23.6. The lowest BCUT2D eigenvalue weighted by Crippen LogP contribution is -2.67. The fourth-order valence-corrected chi connectivity index (χ4v) is 7.55. The van der Waals surface area contributed by atoms with E-state index in [0.29, 0.717) is 25.4 Å². The Bertz CT molecular complexity index is 780. The number of cyclic esters (lactones) is 1. The number of carbonyl (C=O) groups is 3. The highest BCUT2D eigenvalue weighted by Crippen LogP contribution is 2.68. The fourth-order valence-electron chi connectivity index (χ4n) is 7.55. The number of ether oxygens (including phenoxy) is 4. The molecule has 4 rings (SSSR count). The molecule has 31 heavy (non-hydrogen) atoms. The molecule has 7 nitrogen and oxygen atoms in total. The Morgan fingerprint density at radius 1 is 1.06 bits per heavy atom. The van der Waals surface area contributed by atoms with Crippen LogP contribution >= 0.6 is 0 Å². The molecule has 2 spiro atoms. The van der Waals surface area contributed by atoms with E-state index in [2.05, 4.69) is 20.8 Å². The lowest BCUT2D eigenvalue weighted by atomic mass is 9.43. The van der Waals surface area contributed by atoms with Gasteiger partial charge in [-0.3, -0.25) is 14.4 Å².